The fraction of sp³-hybridized carbons (Fsp3) is 0.250. The lowest BCUT2D eigenvalue weighted by Gasteiger charge is -1.99. The summed E-state index contributed by atoms with van der Waals surface area (Å²) < 4.78 is 7.33. The highest BCUT2D eigenvalue weighted by Crippen LogP contribution is 2.25. The van der Waals surface area contributed by atoms with E-state index in [1.807, 2.05) is 28.8 Å². The Balaban J connectivity index is 2.26. The Morgan fingerprint density at radius 1 is 1.47 bits per heavy atom. The van der Waals surface area contributed by atoms with Gasteiger partial charge in [-0.25, -0.2) is 4.98 Å². The van der Waals surface area contributed by atoms with E-state index < -0.39 is 0 Å². The molecule has 0 aliphatic rings. The van der Waals surface area contributed by atoms with Crippen LogP contribution in [0, 0.1) is 0 Å². The fourth-order valence-electron chi connectivity index (χ4n) is 2.09. The number of nitrogens with two attached hydrogens (primary N) is 1. The predicted molar refractivity (Wildman–Crippen MR) is 66.4 cm³/mol. The van der Waals surface area contributed by atoms with Crippen LogP contribution < -0.4 is 10.5 Å². The topological polar surface area (TPSA) is 68.3 Å². The molecule has 0 amide bonds. The Hall–Kier alpha value is -2.01. The number of methoxy groups -OCH3 is 1. The molecule has 0 unspecified atom stereocenters. The fourth-order valence-corrected chi connectivity index (χ4v) is 2.09. The molecule has 88 valence electrons. The Labute approximate surface area is 98.2 Å². The Bertz CT molecular complexity index is 668. The number of aromatic amines is 1. The first-order valence-electron chi connectivity index (χ1n) is 5.56. The first-order chi connectivity index (χ1) is 8.33. The summed E-state index contributed by atoms with van der Waals surface area (Å²) in [5.74, 6) is 1.62. The smallest absolute Gasteiger partial charge is 0.212 e. The van der Waals surface area contributed by atoms with Gasteiger partial charge < -0.3 is 15.5 Å². The minimum atomic E-state index is 0.630. The van der Waals surface area contributed by atoms with E-state index in [-0.39, 0.29) is 0 Å². The zero-order valence-corrected chi connectivity index (χ0v) is 9.60. The molecule has 0 fully saturated rings. The third kappa shape index (κ3) is 1.47. The van der Waals surface area contributed by atoms with Crippen molar-refractivity contribution >= 4 is 16.8 Å². The van der Waals surface area contributed by atoms with Gasteiger partial charge in [-0.15, -0.1) is 0 Å². The molecule has 0 bridgehead atoms. The number of ether oxygens (including phenoxy) is 1. The van der Waals surface area contributed by atoms with Crippen LogP contribution in [-0.4, -0.2) is 28.0 Å². The lowest BCUT2D eigenvalue weighted by atomic mass is 10.3. The molecule has 3 aromatic rings. The van der Waals surface area contributed by atoms with Crippen LogP contribution in [0.2, 0.25) is 0 Å². The first-order valence-corrected chi connectivity index (χ1v) is 5.56. The molecule has 1 aromatic carbocycles. The van der Waals surface area contributed by atoms with Gasteiger partial charge in [-0.1, -0.05) is 6.07 Å². The van der Waals surface area contributed by atoms with Gasteiger partial charge in [0, 0.05) is 18.3 Å². The Morgan fingerprint density at radius 3 is 3.12 bits per heavy atom. The Morgan fingerprint density at radius 2 is 2.35 bits per heavy atom. The Kier molecular flexibility index (Phi) is 2.26. The van der Waals surface area contributed by atoms with Gasteiger partial charge in [0.15, 0.2) is 0 Å². The first kappa shape index (κ1) is 10.2. The van der Waals surface area contributed by atoms with Gasteiger partial charge in [-0.3, -0.25) is 4.40 Å². The molecule has 3 N–H and O–H groups in total. The van der Waals surface area contributed by atoms with Crippen molar-refractivity contribution in [2.45, 2.75) is 6.42 Å². The summed E-state index contributed by atoms with van der Waals surface area (Å²) in [6, 6.07) is 5.90. The number of imidazole rings is 2. The van der Waals surface area contributed by atoms with Gasteiger partial charge in [-0.2, -0.15) is 0 Å². The summed E-state index contributed by atoms with van der Waals surface area (Å²) >= 11 is 0. The highest BCUT2D eigenvalue weighted by atomic mass is 16.5. The molecule has 0 atom stereocenters. The van der Waals surface area contributed by atoms with Crippen molar-refractivity contribution in [1.82, 2.24) is 14.4 Å². The average molecular weight is 230 g/mol. The summed E-state index contributed by atoms with van der Waals surface area (Å²) in [5.41, 5.74) is 8.55. The molecule has 0 spiro atoms. The second-order valence-corrected chi connectivity index (χ2v) is 3.95. The van der Waals surface area contributed by atoms with E-state index in [0.29, 0.717) is 6.54 Å². The number of aromatic nitrogens is 3. The van der Waals surface area contributed by atoms with Gasteiger partial charge in [0.1, 0.15) is 11.3 Å². The van der Waals surface area contributed by atoms with Crippen molar-refractivity contribution in [2.24, 2.45) is 5.73 Å². The standard InChI is InChI=1S/C12H14N4O/c1-17-10-4-2-3-9-11(10)15-12-14-8(5-6-13)7-16(9)12/h2-4,7H,5-6,13H2,1H3,(H,14,15). The average Bonchev–Trinajstić information content (AvgIpc) is 2.86. The summed E-state index contributed by atoms with van der Waals surface area (Å²) in [6.07, 6.45) is 2.87. The number of rotatable bonds is 3. The van der Waals surface area contributed by atoms with Gasteiger partial charge in [0.05, 0.1) is 12.6 Å². The van der Waals surface area contributed by atoms with Crippen LogP contribution in [-0.2, 0) is 6.42 Å². The van der Waals surface area contributed by atoms with Crippen molar-refractivity contribution in [3.8, 4) is 5.75 Å². The van der Waals surface area contributed by atoms with Crippen LogP contribution in [0.25, 0.3) is 16.8 Å². The summed E-state index contributed by atoms with van der Waals surface area (Å²) in [7, 11) is 1.66. The zero-order valence-electron chi connectivity index (χ0n) is 9.60. The zero-order chi connectivity index (χ0) is 11.8. The number of nitrogens with zero attached hydrogens (tertiary/aromatic N) is 2. The van der Waals surface area contributed by atoms with Crippen molar-refractivity contribution in [1.29, 1.82) is 0 Å². The molecule has 0 saturated heterocycles. The van der Waals surface area contributed by atoms with Gasteiger partial charge >= 0.3 is 0 Å². The predicted octanol–water partition coefficient (Wildman–Crippen LogP) is 1.33. The molecule has 2 aromatic heterocycles. The summed E-state index contributed by atoms with van der Waals surface area (Å²) in [5, 5.41) is 0. The monoisotopic (exact) mass is 230 g/mol. The SMILES string of the molecule is COc1cccc2c1nc1[nH]c(CCN)cn12. The van der Waals surface area contributed by atoms with E-state index >= 15 is 0 Å². The third-order valence-corrected chi connectivity index (χ3v) is 2.87. The van der Waals surface area contributed by atoms with E-state index in [4.69, 9.17) is 10.5 Å². The molecule has 17 heavy (non-hydrogen) atoms. The number of nitrogens with one attached hydrogen (secondary N) is 1. The lowest BCUT2D eigenvalue weighted by molar-refractivity contribution is 0.419. The molecule has 0 aliphatic heterocycles. The number of hydrogen-bond donors (Lipinski definition) is 2. The third-order valence-electron chi connectivity index (χ3n) is 2.87. The van der Waals surface area contributed by atoms with Crippen LogP contribution in [0.1, 0.15) is 5.69 Å². The normalized spacial score (nSPS) is 11.4. The summed E-state index contributed by atoms with van der Waals surface area (Å²) in [4.78, 5) is 7.78. The number of hydrogen-bond acceptors (Lipinski definition) is 3. The maximum Gasteiger partial charge on any atom is 0.212 e. The van der Waals surface area contributed by atoms with Gasteiger partial charge in [0.2, 0.25) is 5.78 Å². The van der Waals surface area contributed by atoms with Crippen LogP contribution in [0.3, 0.4) is 0 Å². The second kappa shape index (κ2) is 3.78. The molecule has 2 heterocycles. The lowest BCUT2D eigenvalue weighted by Crippen LogP contribution is -2.02. The van der Waals surface area contributed by atoms with Crippen molar-refractivity contribution in [2.75, 3.05) is 13.7 Å². The minimum Gasteiger partial charge on any atom is -0.494 e. The summed E-state index contributed by atoms with van der Waals surface area (Å²) in [6.45, 7) is 0.630. The van der Waals surface area contributed by atoms with Crippen molar-refractivity contribution in [3.63, 3.8) is 0 Å². The maximum absolute atomic E-state index is 5.54. The minimum absolute atomic E-state index is 0.630. The molecule has 0 radical (unpaired) electrons. The van der Waals surface area contributed by atoms with Gasteiger partial charge in [-0.05, 0) is 18.7 Å². The molecular formula is C12H14N4O. The highest BCUT2D eigenvalue weighted by molar-refractivity contribution is 5.85. The molecule has 3 rings (SSSR count). The number of para-hydroxylation sites is 1. The number of benzene rings is 1. The van der Waals surface area contributed by atoms with E-state index in [0.717, 1.165) is 34.7 Å². The molecule has 5 nitrogen and oxygen atoms in total. The highest BCUT2D eigenvalue weighted by Gasteiger charge is 2.10. The van der Waals surface area contributed by atoms with Crippen LogP contribution in [0.5, 0.6) is 5.75 Å². The van der Waals surface area contributed by atoms with E-state index in [1.165, 1.54) is 0 Å². The van der Waals surface area contributed by atoms with E-state index in [2.05, 4.69) is 9.97 Å². The maximum atomic E-state index is 5.54. The number of H-pyrrole nitrogens is 1. The quantitative estimate of drug-likeness (QED) is 0.713. The molecular weight excluding hydrogens is 216 g/mol. The second-order valence-electron chi connectivity index (χ2n) is 3.95. The van der Waals surface area contributed by atoms with E-state index in [1.54, 1.807) is 7.11 Å². The van der Waals surface area contributed by atoms with Crippen molar-refractivity contribution in [3.05, 3.63) is 30.1 Å². The van der Waals surface area contributed by atoms with Gasteiger partial charge in [0.25, 0.3) is 0 Å². The van der Waals surface area contributed by atoms with Crippen molar-refractivity contribution < 1.29 is 4.74 Å². The molecule has 0 aliphatic carbocycles. The molecule has 0 saturated carbocycles. The van der Waals surface area contributed by atoms with Crippen LogP contribution >= 0.6 is 0 Å². The van der Waals surface area contributed by atoms with Crippen LogP contribution in [0.4, 0.5) is 0 Å². The molecule has 5 heteroatoms. The van der Waals surface area contributed by atoms with Crippen LogP contribution in [0.15, 0.2) is 24.4 Å². The number of fused-ring (bicyclic) bond motifs is 3. The van der Waals surface area contributed by atoms with E-state index in [9.17, 15) is 0 Å². The largest absolute Gasteiger partial charge is 0.494 e.